The van der Waals surface area contributed by atoms with Crippen LogP contribution < -0.4 is 15.8 Å². The third kappa shape index (κ3) is 4.52. The van der Waals surface area contributed by atoms with Gasteiger partial charge in [-0.05, 0) is 43.0 Å². The number of carbonyl (C=O) groups excluding carboxylic acids is 1. The molecule has 2 atom stereocenters. The van der Waals surface area contributed by atoms with E-state index >= 15 is 0 Å². The third-order valence-corrected chi connectivity index (χ3v) is 4.59. The molecule has 1 aliphatic rings. The van der Waals surface area contributed by atoms with Gasteiger partial charge in [-0.3, -0.25) is 4.79 Å². The Morgan fingerprint density at radius 1 is 1.48 bits per heavy atom. The summed E-state index contributed by atoms with van der Waals surface area (Å²) in [5, 5.41) is 11.1. The summed E-state index contributed by atoms with van der Waals surface area (Å²) in [4.78, 5) is 12.1. The number of amides is 1. The number of carbonyl (C=O) groups is 1. The first-order chi connectivity index (χ1) is 9.86. The fourth-order valence-corrected chi connectivity index (χ4v) is 3.04. The highest BCUT2D eigenvalue weighted by molar-refractivity contribution is 7.89. The van der Waals surface area contributed by atoms with E-state index in [0.717, 1.165) is 19.4 Å². The number of rotatable bonds is 4. The maximum atomic E-state index is 12.1. The molecule has 2 rings (SSSR count). The summed E-state index contributed by atoms with van der Waals surface area (Å²) in [5.74, 6) is 0.482. The summed E-state index contributed by atoms with van der Waals surface area (Å²) < 4.78 is 22.6. The van der Waals surface area contributed by atoms with E-state index in [9.17, 15) is 13.2 Å². The number of nitrogens with one attached hydrogen (secondary N) is 2. The van der Waals surface area contributed by atoms with Crippen molar-refractivity contribution in [3.63, 3.8) is 0 Å². The first-order valence-corrected chi connectivity index (χ1v) is 8.54. The Bertz CT molecular complexity index is 616. The van der Waals surface area contributed by atoms with Crippen LogP contribution in [-0.2, 0) is 21.4 Å². The SMILES string of the molecule is CC1CCNC(C(=O)NCc2cccc(S(N)(=O)=O)c2)C1. The minimum atomic E-state index is -3.72. The number of nitrogens with two attached hydrogens (primary N) is 1. The second-order valence-corrected chi connectivity index (χ2v) is 7.11. The molecular formula is C14H21N3O3S. The van der Waals surface area contributed by atoms with E-state index in [1.54, 1.807) is 12.1 Å². The number of hydrogen-bond acceptors (Lipinski definition) is 4. The van der Waals surface area contributed by atoms with Gasteiger partial charge in [-0.2, -0.15) is 0 Å². The van der Waals surface area contributed by atoms with E-state index < -0.39 is 10.0 Å². The molecule has 1 fully saturated rings. The quantitative estimate of drug-likeness (QED) is 0.746. The molecule has 6 nitrogen and oxygen atoms in total. The molecule has 4 N–H and O–H groups in total. The summed E-state index contributed by atoms with van der Waals surface area (Å²) in [6.45, 7) is 3.27. The van der Waals surface area contributed by atoms with E-state index in [1.807, 2.05) is 0 Å². The van der Waals surface area contributed by atoms with E-state index in [4.69, 9.17) is 5.14 Å². The zero-order valence-corrected chi connectivity index (χ0v) is 12.8. The first-order valence-electron chi connectivity index (χ1n) is 6.99. The van der Waals surface area contributed by atoms with Gasteiger partial charge in [-0.25, -0.2) is 13.6 Å². The fourth-order valence-electron chi connectivity index (χ4n) is 2.45. The standard InChI is InChI=1S/C14H21N3O3S/c1-10-5-6-16-13(7-10)14(18)17-9-11-3-2-4-12(8-11)21(15,19)20/h2-4,8,10,13,16H,5-7,9H2,1H3,(H,17,18)(H2,15,19,20). The molecule has 2 unspecified atom stereocenters. The van der Waals surface area contributed by atoms with Crippen LogP contribution in [0.15, 0.2) is 29.2 Å². The molecule has 1 aromatic rings. The second-order valence-electron chi connectivity index (χ2n) is 5.55. The molecule has 0 bridgehead atoms. The van der Waals surface area contributed by atoms with Crippen molar-refractivity contribution in [2.75, 3.05) is 6.54 Å². The van der Waals surface area contributed by atoms with E-state index in [-0.39, 0.29) is 23.4 Å². The summed E-state index contributed by atoms with van der Waals surface area (Å²) in [6, 6.07) is 6.11. The van der Waals surface area contributed by atoms with Gasteiger partial charge in [0.15, 0.2) is 0 Å². The Morgan fingerprint density at radius 3 is 2.90 bits per heavy atom. The molecule has 0 radical (unpaired) electrons. The van der Waals surface area contributed by atoms with E-state index in [1.165, 1.54) is 12.1 Å². The lowest BCUT2D eigenvalue weighted by atomic mass is 9.94. The Kier molecular flexibility index (Phi) is 4.97. The lowest BCUT2D eigenvalue weighted by Gasteiger charge is -2.27. The molecule has 7 heteroatoms. The fraction of sp³-hybridized carbons (Fsp3) is 0.500. The van der Waals surface area contributed by atoms with Gasteiger partial charge in [0.05, 0.1) is 10.9 Å². The maximum Gasteiger partial charge on any atom is 0.238 e. The smallest absolute Gasteiger partial charge is 0.238 e. The molecule has 1 saturated heterocycles. The number of primary sulfonamides is 1. The van der Waals surface area contributed by atoms with Crippen LogP contribution in [0.3, 0.4) is 0 Å². The monoisotopic (exact) mass is 311 g/mol. The highest BCUT2D eigenvalue weighted by Gasteiger charge is 2.24. The van der Waals surface area contributed by atoms with Crippen LogP contribution in [0.2, 0.25) is 0 Å². The average molecular weight is 311 g/mol. The van der Waals surface area contributed by atoms with Gasteiger partial charge in [0.25, 0.3) is 0 Å². The third-order valence-electron chi connectivity index (χ3n) is 3.68. The summed E-state index contributed by atoms with van der Waals surface area (Å²) >= 11 is 0. The van der Waals surface area contributed by atoms with Crippen LogP contribution >= 0.6 is 0 Å². The van der Waals surface area contributed by atoms with Crippen LogP contribution in [-0.4, -0.2) is 26.9 Å². The number of piperidine rings is 1. The van der Waals surface area contributed by atoms with E-state index in [2.05, 4.69) is 17.6 Å². The lowest BCUT2D eigenvalue weighted by molar-refractivity contribution is -0.124. The van der Waals surface area contributed by atoms with Gasteiger partial charge in [-0.15, -0.1) is 0 Å². The number of hydrogen-bond donors (Lipinski definition) is 3. The largest absolute Gasteiger partial charge is 0.351 e. The maximum absolute atomic E-state index is 12.1. The Morgan fingerprint density at radius 2 is 2.24 bits per heavy atom. The Balaban J connectivity index is 1.95. The van der Waals surface area contributed by atoms with Crippen molar-refractivity contribution in [2.24, 2.45) is 11.1 Å². The normalized spacial score (nSPS) is 22.8. The highest BCUT2D eigenvalue weighted by Crippen LogP contribution is 2.15. The Hall–Kier alpha value is -1.44. The zero-order chi connectivity index (χ0) is 15.5. The molecule has 21 heavy (non-hydrogen) atoms. The summed E-state index contributed by atoms with van der Waals surface area (Å²) in [5.41, 5.74) is 0.707. The molecular weight excluding hydrogens is 290 g/mol. The van der Waals surface area contributed by atoms with Crippen molar-refractivity contribution in [1.29, 1.82) is 0 Å². The van der Waals surface area contributed by atoms with Crippen LogP contribution in [0.25, 0.3) is 0 Å². The summed E-state index contributed by atoms with van der Waals surface area (Å²) in [6.07, 6.45) is 1.91. The van der Waals surface area contributed by atoms with Gasteiger partial charge >= 0.3 is 0 Å². The minimum Gasteiger partial charge on any atom is -0.351 e. The van der Waals surface area contributed by atoms with Crippen molar-refractivity contribution in [3.05, 3.63) is 29.8 Å². The highest BCUT2D eigenvalue weighted by atomic mass is 32.2. The summed E-state index contributed by atoms with van der Waals surface area (Å²) in [7, 11) is -3.72. The second kappa shape index (κ2) is 6.55. The molecule has 1 amide bonds. The molecule has 0 saturated carbocycles. The topological polar surface area (TPSA) is 101 Å². The molecule has 0 aliphatic carbocycles. The predicted octanol–water partition coefficient (Wildman–Crippen LogP) is 0.338. The molecule has 1 aliphatic heterocycles. The van der Waals surface area contributed by atoms with Crippen LogP contribution in [0.4, 0.5) is 0 Å². The van der Waals surface area contributed by atoms with Gasteiger partial charge in [0.1, 0.15) is 0 Å². The van der Waals surface area contributed by atoms with Crippen molar-refractivity contribution >= 4 is 15.9 Å². The predicted molar refractivity (Wildman–Crippen MR) is 79.9 cm³/mol. The van der Waals surface area contributed by atoms with Gasteiger partial charge < -0.3 is 10.6 Å². The number of sulfonamides is 1. The van der Waals surface area contributed by atoms with Crippen molar-refractivity contribution in [2.45, 2.75) is 37.2 Å². The van der Waals surface area contributed by atoms with Gasteiger partial charge in [-0.1, -0.05) is 19.1 Å². The minimum absolute atomic E-state index is 0.0532. The lowest BCUT2D eigenvalue weighted by Crippen LogP contribution is -2.48. The van der Waals surface area contributed by atoms with Crippen molar-refractivity contribution < 1.29 is 13.2 Å². The molecule has 0 spiro atoms. The molecule has 1 heterocycles. The zero-order valence-electron chi connectivity index (χ0n) is 12.0. The van der Waals surface area contributed by atoms with Crippen LogP contribution in [0.5, 0.6) is 0 Å². The van der Waals surface area contributed by atoms with Gasteiger partial charge in [0, 0.05) is 6.54 Å². The van der Waals surface area contributed by atoms with E-state index in [0.29, 0.717) is 11.5 Å². The molecule has 116 valence electrons. The first kappa shape index (κ1) is 15.9. The molecule has 1 aromatic carbocycles. The van der Waals surface area contributed by atoms with Crippen molar-refractivity contribution in [3.8, 4) is 0 Å². The molecule has 0 aromatic heterocycles. The van der Waals surface area contributed by atoms with Crippen molar-refractivity contribution in [1.82, 2.24) is 10.6 Å². The Labute approximate surface area is 125 Å². The van der Waals surface area contributed by atoms with Gasteiger partial charge in [0.2, 0.25) is 15.9 Å². The average Bonchev–Trinajstić information content (AvgIpc) is 2.44. The number of benzene rings is 1. The van der Waals surface area contributed by atoms with Crippen LogP contribution in [0.1, 0.15) is 25.3 Å². The van der Waals surface area contributed by atoms with Crippen LogP contribution in [0, 0.1) is 5.92 Å².